The van der Waals surface area contributed by atoms with Gasteiger partial charge in [0.1, 0.15) is 12.7 Å². The summed E-state index contributed by atoms with van der Waals surface area (Å²) in [5.74, 6) is -2.35. The van der Waals surface area contributed by atoms with Gasteiger partial charge >= 0.3 is 5.97 Å². The highest BCUT2D eigenvalue weighted by Crippen LogP contribution is 2.39. The standard InChI is InChI=1S/C13H20O8/c1-2-3-4-20-11-10(18)12(19)21-13(11,9(17)7-15)5-8(16)6-14/h2-3,8-9,14-18H,4-7H2,1H3/t8?,9-,13+/m0/s1. The van der Waals surface area contributed by atoms with E-state index in [1.807, 2.05) is 0 Å². The summed E-state index contributed by atoms with van der Waals surface area (Å²) < 4.78 is 10.2. The van der Waals surface area contributed by atoms with Crippen LogP contribution in [0.5, 0.6) is 0 Å². The van der Waals surface area contributed by atoms with E-state index in [1.165, 1.54) is 0 Å². The van der Waals surface area contributed by atoms with Gasteiger partial charge in [-0.1, -0.05) is 12.2 Å². The molecule has 0 spiro atoms. The van der Waals surface area contributed by atoms with Crippen molar-refractivity contribution in [3.63, 3.8) is 0 Å². The van der Waals surface area contributed by atoms with E-state index in [2.05, 4.69) is 0 Å². The van der Waals surface area contributed by atoms with Crippen LogP contribution in [0.25, 0.3) is 0 Å². The third-order valence-corrected chi connectivity index (χ3v) is 3.09. The molecule has 0 fully saturated rings. The Balaban J connectivity index is 3.16. The van der Waals surface area contributed by atoms with E-state index in [0.717, 1.165) is 0 Å². The zero-order valence-corrected chi connectivity index (χ0v) is 11.6. The van der Waals surface area contributed by atoms with Crippen molar-refractivity contribution >= 4 is 5.97 Å². The van der Waals surface area contributed by atoms with E-state index in [1.54, 1.807) is 19.1 Å². The van der Waals surface area contributed by atoms with Crippen LogP contribution in [-0.4, -0.2) is 69.1 Å². The smallest absolute Gasteiger partial charge is 0.378 e. The second-order valence-electron chi connectivity index (χ2n) is 4.58. The molecule has 120 valence electrons. The van der Waals surface area contributed by atoms with Gasteiger partial charge in [-0.05, 0) is 6.92 Å². The van der Waals surface area contributed by atoms with Gasteiger partial charge in [0.05, 0.1) is 19.3 Å². The first-order valence-electron chi connectivity index (χ1n) is 6.41. The number of carbonyl (C=O) groups excluding carboxylic acids is 1. The lowest BCUT2D eigenvalue weighted by Gasteiger charge is -2.34. The summed E-state index contributed by atoms with van der Waals surface area (Å²) in [4.78, 5) is 11.6. The molecule has 0 amide bonds. The Morgan fingerprint density at radius 2 is 2.00 bits per heavy atom. The second kappa shape index (κ2) is 7.41. The van der Waals surface area contributed by atoms with Crippen LogP contribution < -0.4 is 0 Å². The van der Waals surface area contributed by atoms with Crippen LogP contribution in [0, 0.1) is 0 Å². The molecule has 1 aliphatic rings. The molecule has 0 bridgehead atoms. The Kier molecular flexibility index (Phi) is 6.16. The second-order valence-corrected chi connectivity index (χ2v) is 4.58. The quantitative estimate of drug-likeness (QED) is 0.277. The molecular weight excluding hydrogens is 284 g/mol. The third-order valence-electron chi connectivity index (χ3n) is 3.09. The Morgan fingerprint density at radius 3 is 2.52 bits per heavy atom. The van der Waals surface area contributed by atoms with Crippen molar-refractivity contribution in [2.75, 3.05) is 19.8 Å². The molecule has 0 aromatic carbocycles. The molecule has 0 saturated carbocycles. The number of allylic oxidation sites excluding steroid dienone is 1. The molecule has 21 heavy (non-hydrogen) atoms. The maximum Gasteiger partial charge on any atom is 0.378 e. The van der Waals surface area contributed by atoms with Gasteiger partial charge in [-0.2, -0.15) is 0 Å². The molecule has 0 aliphatic carbocycles. The van der Waals surface area contributed by atoms with Crippen LogP contribution in [0.1, 0.15) is 13.3 Å². The van der Waals surface area contributed by atoms with Gasteiger partial charge in [-0.25, -0.2) is 4.79 Å². The largest absolute Gasteiger partial charge is 0.499 e. The van der Waals surface area contributed by atoms with Crippen LogP contribution in [0.4, 0.5) is 0 Å². The molecule has 0 radical (unpaired) electrons. The number of hydrogen-bond acceptors (Lipinski definition) is 8. The lowest BCUT2D eigenvalue weighted by molar-refractivity contribution is -0.170. The Morgan fingerprint density at radius 1 is 1.33 bits per heavy atom. The molecule has 1 heterocycles. The van der Waals surface area contributed by atoms with Crippen molar-refractivity contribution in [2.24, 2.45) is 0 Å². The molecule has 8 heteroatoms. The molecule has 1 rings (SSSR count). The SMILES string of the molecule is CC=CCOC1=C(O)C(=O)O[C@]1(CC(O)CO)[C@@H](O)CO. The van der Waals surface area contributed by atoms with Crippen LogP contribution >= 0.6 is 0 Å². The minimum atomic E-state index is -1.94. The fourth-order valence-electron chi connectivity index (χ4n) is 2.02. The number of ether oxygens (including phenoxy) is 2. The number of hydrogen-bond donors (Lipinski definition) is 5. The highest BCUT2D eigenvalue weighted by molar-refractivity contribution is 5.90. The summed E-state index contributed by atoms with van der Waals surface area (Å²) in [6, 6.07) is 0. The molecule has 5 N–H and O–H groups in total. The number of cyclic esters (lactones) is 1. The highest BCUT2D eigenvalue weighted by atomic mass is 16.6. The van der Waals surface area contributed by atoms with Crippen molar-refractivity contribution in [2.45, 2.75) is 31.2 Å². The normalized spacial score (nSPS) is 25.3. The molecule has 1 aliphatic heterocycles. The number of rotatable bonds is 8. The van der Waals surface area contributed by atoms with Crippen molar-refractivity contribution < 1.29 is 39.8 Å². The van der Waals surface area contributed by atoms with Crippen molar-refractivity contribution in [1.82, 2.24) is 0 Å². The van der Waals surface area contributed by atoms with E-state index in [-0.39, 0.29) is 12.4 Å². The summed E-state index contributed by atoms with van der Waals surface area (Å²) in [7, 11) is 0. The Hall–Kier alpha value is -1.61. The topological polar surface area (TPSA) is 137 Å². The van der Waals surface area contributed by atoms with Gasteiger partial charge in [-0.3, -0.25) is 0 Å². The van der Waals surface area contributed by atoms with Gasteiger partial charge in [0, 0.05) is 6.42 Å². The van der Waals surface area contributed by atoms with Gasteiger partial charge in [0.15, 0.2) is 5.76 Å². The third kappa shape index (κ3) is 3.53. The van der Waals surface area contributed by atoms with Crippen LogP contribution in [0.3, 0.4) is 0 Å². The average Bonchev–Trinajstić information content (AvgIpc) is 2.71. The summed E-state index contributed by atoms with van der Waals surface area (Å²) in [6.45, 7) is 0.274. The summed E-state index contributed by atoms with van der Waals surface area (Å²) in [5, 5.41) is 47.4. The Bertz CT molecular complexity index is 430. The van der Waals surface area contributed by atoms with Crippen molar-refractivity contribution in [3.05, 3.63) is 23.7 Å². The van der Waals surface area contributed by atoms with Crippen LogP contribution in [0.2, 0.25) is 0 Å². The van der Waals surface area contributed by atoms with E-state index in [9.17, 15) is 20.1 Å². The zero-order chi connectivity index (χ0) is 16.0. The molecule has 0 aromatic heterocycles. The van der Waals surface area contributed by atoms with Crippen molar-refractivity contribution in [1.29, 1.82) is 0 Å². The first-order valence-corrected chi connectivity index (χ1v) is 6.41. The Labute approximate surface area is 121 Å². The maximum atomic E-state index is 11.6. The van der Waals surface area contributed by atoms with Gasteiger partial charge < -0.3 is 35.0 Å². The monoisotopic (exact) mass is 304 g/mol. The first-order chi connectivity index (χ1) is 9.92. The van der Waals surface area contributed by atoms with E-state index >= 15 is 0 Å². The summed E-state index contributed by atoms with van der Waals surface area (Å²) in [5.41, 5.74) is -1.94. The van der Waals surface area contributed by atoms with Crippen LogP contribution in [-0.2, 0) is 14.3 Å². The minimum Gasteiger partial charge on any atom is -0.499 e. The molecule has 0 saturated heterocycles. The molecule has 8 nitrogen and oxygen atoms in total. The maximum absolute atomic E-state index is 11.6. The number of esters is 1. The van der Waals surface area contributed by atoms with Gasteiger partial charge in [-0.15, -0.1) is 0 Å². The lowest BCUT2D eigenvalue weighted by atomic mass is 9.88. The zero-order valence-electron chi connectivity index (χ0n) is 11.6. The van der Waals surface area contributed by atoms with Crippen molar-refractivity contribution in [3.8, 4) is 0 Å². The average molecular weight is 304 g/mol. The van der Waals surface area contributed by atoms with E-state index in [4.69, 9.17) is 19.7 Å². The first kappa shape index (κ1) is 17.4. The predicted molar refractivity (Wildman–Crippen MR) is 70.0 cm³/mol. The van der Waals surface area contributed by atoms with E-state index < -0.39 is 49.2 Å². The number of carbonyl (C=O) groups is 1. The van der Waals surface area contributed by atoms with Crippen LogP contribution in [0.15, 0.2) is 23.7 Å². The van der Waals surface area contributed by atoms with E-state index in [0.29, 0.717) is 0 Å². The number of aliphatic hydroxyl groups excluding tert-OH is 5. The van der Waals surface area contributed by atoms with Gasteiger partial charge in [0.25, 0.3) is 0 Å². The molecule has 3 atom stereocenters. The fourth-order valence-corrected chi connectivity index (χ4v) is 2.02. The fraction of sp³-hybridized carbons (Fsp3) is 0.615. The molecule has 1 unspecified atom stereocenters. The van der Waals surface area contributed by atoms with Gasteiger partial charge in [0.2, 0.25) is 11.4 Å². The predicted octanol–water partition coefficient (Wildman–Crippen LogP) is -1.26. The summed E-state index contributed by atoms with van der Waals surface area (Å²) in [6.07, 6.45) is -0.159. The molecular formula is C13H20O8. The minimum absolute atomic E-state index is 0.0122. The number of aliphatic hydroxyl groups is 5. The highest BCUT2D eigenvalue weighted by Gasteiger charge is 2.55. The summed E-state index contributed by atoms with van der Waals surface area (Å²) >= 11 is 0. The lowest BCUT2D eigenvalue weighted by Crippen LogP contribution is -2.50. The molecule has 0 aromatic rings.